The third kappa shape index (κ3) is 2.54. The van der Waals surface area contributed by atoms with Crippen molar-refractivity contribution >= 4 is 0 Å². The molecule has 0 bridgehead atoms. The van der Waals surface area contributed by atoms with Crippen LogP contribution in [0.25, 0.3) is 11.1 Å². The summed E-state index contributed by atoms with van der Waals surface area (Å²) in [4.78, 5) is 0. The highest BCUT2D eigenvalue weighted by atomic mass is 14.5. The van der Waals surface area contributed by atoms with Crippen LogP contribution in [0.1, 0.15) is 16.7 Å². The summed E-state index contributed by atoms with van der Waals surface area (Å²) in [6, 6.07) is 14.7. The molecule has 0 radical (unpaired) electrons. The van der Waals surface area contributed by atoms with E-state index in [1.807, 2.05) is 12.1 Å². The van der Waals surface area contributed by atoms with Gasteiger partial charge in [0.2, 0.25) is 0 Å². The van der Waals surface area contributed by atoms with Crippen molar-refractivity contribution in [2.45, 2.75) is 20.0 Å². The lowest BCUT2D eigenvalue weighted by Gasteiger charge is -2.10. The van der Waals surface area contributed by atoms with Gasteiger partial charge in [-0.3, -0.25) is 0 Å². The van der Waals surface area contributed by atoms with Crippen LogP contribution in [0, 0.1) is 6.92 Å². The molecule has 2 heteroatoms. The van der Waals surface area contributed by atoms with Gasteiger partial charge in [-0.05, 0) is 35.2 Å². The van der Waals surface area contributed by atoms with Gasteiger partial charge in [-0.2, -0.15) is 0 Å². The molecule has 2 aromatic rings. The Balaban J connectivity index is 2.55. The first-order valence-corrected chi connectivity index (χ1v) is 5.83. The Hall–Kier alpha value is -1.64. The van der Waals surface area contributed by atoms with Gasteiger partial charge in [-0.1, -0.05) is 42.0 Å². The smallest absolute Gasteiger partial charge is 0.0184 e. The van der Waals surface area contributed by atoms with Crippen molar-refractivity contribution < 1.29 is 0 Å². The molecule has 0 unspecified atom stereocenters. The number of rotatable bonds is 3. The Kier molecular flexibility index (Phi) is 3.57. The first-order valence-electron chi connectivity index (χ1n) is 5.83. The first-order chi connectivity index (χ1) is 8.24. The largest absolute Gasteiger partial charge is 0.326 e. The van der Waals surface area contributed by atoms with Gasteiger partial charge < -0.3 is 11.5 Å². The summed E-state index contributed by atoms with van der Waals surface area (Å²) in [7, 11) is 0. The van der Waals surface area contributed by atoms with Crippen LogP contribution in [0.3, 0.4) is 0 Å². The number of hydrogen-bond donors (Lipinski definition) is 2. The van der Waals surface area contributed by atoms with Gasteiger partial charge in [-0.15, -0.1) is 0 Å². The lowest BCUT2D eigenvalue weighted by molar-refractivity contribution is 1.06. The van der Waals surface area contributed by atoms with E-state index in [0.29, 0.717) is 13.1 Å². The Bertz CT molecular complexity index is 518. The van der Waals surface area contributed by atoms with E-state index in [1.54, 1.807) is 0 Å². The molecule has 0 saturated carbocycles. The summed E-state index contributed by atoms with van der Waals surface area (Å²) in [5.41, 5.74) is 17.4. The van der Waals surface area contributed by atoms with Gasteiger partial charge in [0.25, 0.3) is 0 Å². The fraction of sp³-hybridized carbons (Fsp3) is 0.200. The molecule has 17 heavy (non-hydrogen) atoms. The molecular weight excluding hydrogens is 208 g/mol. The predicted molar refractivity (Wildman–Crippen MR) is 72.4 cm³/mol. The van der Waals surface area contributed by atoms with Crippen molar-refractivity contribution in [3.63, 3.8) is 0 Å². The molecule has 2 nitrogen and oxygen atoms in total. The highest BCUT2D eigenvalue weighted by Crippen LogP contribution is 2.25. The molecule has 2 aromatic carbocycles. The van der Waals surface area contributed by atoms with Crippen molar-refractivity contribution in [3.8, 4) is 11.1 Å². The highest BCUT2D eigenvalue weighted by molar-refractivity contribution is 5.68. The summed E-state index contributed by atoms with van der Waals surface area (Å²) in [5, 5.41) is 0. The molecule has 2 rings (SSSR count). The van der Waals surface area contributed by atoms with Crippen LogP contribution in [0.2, 0.25) is 0 Å². The monoisotopic (exact) mass is 226 g/mol. The SMILES string of the molecule is Cc1cc(CN)cc(-c2ccccc2CN)c1. The van der Waals surface area contributed by atoms with Crippen molar-refractivity contribution in [1.29, 1.82) is 0 Å². The molecule has 4 N–H and O–H groups in total. The maximum atomic E-state index is 5.77. The summed E-state index contributed by atoms with van der Waals surface area (Å²) < 4.78 is 0. The zero-order valence-corrected chi connectivity index (χ0v) is 10.1. The molecule has 0 aliphatic rings. The van der Waals surface area contributed by atoms with Gasteiger partial charge in [0.1, 0.15) is 0 Å². The Morgan fingerprint density at radius 3 is 2.41 bits per heavy atom. The molecule has 0 spiro atoms. The lowest BCUT2D eigenvalue weighted by Crippen LogP contribution is -2.00. The first kappa shape index (κ1) is 11.8. The van der Waals surface area contributed by atoms with E-state index in [9.17, 15) is 0 Å². The second-order valence-electron chi connectivity index (χ2n) is 4.27. The average Bonchev–Trinajstić information content (AvgIpc) is 2.37. The third-order valence-electron chi connectivity index (χ3n) is 2.92. The van der Waals surface area contributed by atoms with Crippen molar-refractivity contribution in [1.82, 2.24) is 0 Å². The fourth-order valence-electron chi connectivity index (χ4n) is 2.12. The second-order valence-corrected chi connectivity index (χ2v) is 4.27. The van der Waals surface area contributed by atoms with Crippen LogP contribution < -0.4 is 11.5 Å². The zero-order chi connectivity index (χ0) is 12.3. The number of nitrogens with two attached hydrogens (primary N) is 2. The van der Waals surface area contributed by atoms with E-state index in [-0.39, 0.29) is 0 Å². The fourth-order valence-corrected chi connectivity index (χ4v) is 2.12. The maximum absolute atomic E-state index is 5.77. The summed E-state index contributed by atoms with van der Waals surface area (Å²) in [6.07, 6.45) is 0. The minimum atomic E-state index is 0.558. The molecule has 0 saturated heterocycles. The van der Waals surface area contributed by atoms with Gasteiger partial charge in [0.05, 0.1) is 0 Å². The molecule has 0 aliphatic carbocycles. The molecule has 0 aliphatic heterocycles. The molecule has 88 valence electrons. The minimum Gasteiger partial charge on any atom is -0.326 e. The minimum absolute atomic E-state index is 0.558. The number of benzene rings is 2. The molecule has 0 amide bonds. The van der Waals surface area contributed by atoms with Crippen LogP contribution >= 0.6 is 0 Å². The van der Waals surface area contributed by atoms with Crippen LogP contribution in [-0.4, -0.2) is 0 Å². The van der Waals surface area contributed by atoms with Gasteiger partial charge in [-0.25, -0.2) is 0 Å². The zero-order valence-electron chi connectivity index (χ0n) is 10.1. The Morgan fingerprint density at radius 2 is 1.71 bits per heavy atom. The number of hydrogen-bond acceptors (Lipinski definition) is 2. The van der Waals surface area contributed by atoms with E-state index in [0.717, 1.165) is 5.56 Å². The Morgan fingerprint density at radius 1 is 0.941 bits per heavy atom. The van der Waals surface area contributed by atoms with E-state index in [4.69, 9.17) is 11.5 Å². The predicted octanol–water partition coefficient (Wildman–Crippen LogP) is 2.58. The van der Waals surface area contributed by atoms with Crippen LogP contribution in [0.5, 0.6) is 0 Å². The number of aryl methyl sites for hydroxylation is 1. The average molecular weight is 226 g/mol. The topological polar surface area (TPSA) is 52.0 Å². The summed E-state index contributed by atoms with van der Waals surface area (Å²) in [5.74, 6) is 0. The van der Waals surface area contributed by atoms with Crippen LogP contribution in [0.4, 0.5) is 0 Å². The molecule has 0 atom stereocenters. The van der Waals surface area contributed by atoms with Crippen LogP contribution in [-0.2, 0) is 13.1 Å². The molecular formula is C15H18N2. The lowest BCUT2D eigenvalue weighted by atomic mass is 9.96. The van der Waals surface area contributed by atoms with Gasteiger partial charge in [0, 0.05) is 13.1 Å². The van der Waals surface area contributed by atoms with Gasteiger partial charge in [0.15, 0.2) is 0 Å². The highest BCUT2D eigenvalue weighted by Gasteiger charge is 2.04. The summed E-state index contributed by atoms with van der Waals surface area (Å²) in [6.45, 7) is 3.22. The van der Waals surface area contributed by atoms with E-state index >= 15 is 0 Å². The summed E-state index contributed by atoms with van der Waals surface area (Å²) >= 11 is 0. The van der Waals surface area contributed by atoms with Crippen molar-refractivity contribution in [2.24, 2.45) is 11.5 Å². The van der Waals surface area contributed by atoms with Gasteiger partial charge >= 0.3 is 0 Å². The van der Waals surface area contributed by atoms with Crippen molar-refractivity contribution in [2.75, 3.05) is 0 Å². The molecule has 0 aromatic heterocycles. The standard InChI is InChI=1S/C15H18N2/c1-11-6-12(9-16)8-14(7-11)15-5-3-2-4-13(15)10-17/h2-8H,9-10,16-17H2,1H3. The van der Waals surface area contributed by atoms with Crippen LogP contribution in [0.15, 0.2) is 42.5 Å². The normalized spacial score (nSPS) is 10.5. The van der Waals surface area contributed by atoms with Crippen molar-refractivity contribution in [3.05, 3.63) is 59.2 Å². The second kappa shape index (κ2) is 5.13. The Labute approximate surface area is 102 Å². The van der Waals surface area contributed by atoms with E-state index in [1.165, 1.54) is 22.3 Å². The van der Waals surface area contributed by atoms with E-state index in [2.05, 4.69) is 37.3 Å². The molecule has 0 fully saturated rings. The maximum Gasteiger partial charge on any atom is 0.0184 e. The molecule has 0 heterocycles. The van der Waals surface area contributed by atoms with E-state index < -0.39 is 0 Å². The third-order valence-corrected chi connectivity index (χ3v) is 2.92. The quantitative estimate of drug-likeness (QED) is 0.845.